The molecule has 1 heterocycles. The number of carbonyl (C=O) groups is 2. The zero-order chi connectivity index (χ0) is 19.6. The predicted molar refractivity (Wildman–Crippen MR) is 113 cm³/mol. The van der Waals surface area contributed by atoms with Gasteiger partial charge in [0.15, 0.2) is 0 Å². The molecule has 4 nitrogen and oxygen atoms in total. The van der Waals surface area contributed by atoms with Crippen LogP contribution in [0.3, 0.4) is 0 Å². The summed E-state index contributed by atoms with van der Waals surface area (Å²) in [5.74, 6) is -0.114. The van der Waals surface area contributed by atoms with Crippen molar-refractivity contribution < 1.29 is 9.59 Å². The summed E-state index contributed by atoms with van der Waals surface area (Å²) in [5.41, 5.74) is 3.01. The predicted octanol–water partition coefficient (Wildman–Crippen LogP) is 5.18. The Morgan fingerprint density at radius 1 is 1.11 bits per heavy atom. The lowest BCUT2D eigenvalue weighted by atomic mass is 10.0. The van der Waals surface area contributed by atoms with E-state index in [1.165, 1.54) is 0 Å². The van der Waals surface area contributed by atoms with Crippen molar-refractivity contribution in [3.63, 3.8) is 0 Å². The van der Waals surface area contributed by atoms with Gasteiger partial charge in [0, 0.05) is 35.2 Å². The van der Waals surface area contributed by atoms with Crippen molar-refractivity contribution in [2.24, 2.45) is 0 Å². The van der Waals surface area contributed by atoms with Crippen LogP contribution in [0.15, 0.2) is 40.9 Å². The zero-order valence-electron chi connectivity index (χ0n) is 15.5. The summed E-state index contributed by atoms with van der Waals surface area (Å²) in [4.78, 5) is 29.0. The van der Waals surface area contributed by atoms with E-state index in [-0.39, 0.29) is 11.8 Å². The van der Waals surface area contributed by atoms with E-state index in [1.54, 1.807) is 34.1 Å². The number of carbonyl (C=O) groups excluding carboxylic acids is 2. The fourth-order valence-corrected chi connectivity index (χ4v) is 4.44. The minimum atomic E-state index is -0.0954. The largest absolute Gasteiger partial charge is 0.339 e. The maximum absolute atomic E-state index is 13.1. The Hall–Kier alpha value is -1.85. The summed E-state index contributed by atoms with van der Waals surface area (Å²) in [5, 5.41) is 0.570. The maximum atomic E-state index is 13.1. The van der Waals surface area contributed by atoms with Gasteiger partial charge in [-0.25, -0.2) is 0 Å². The Labute approximate surface area is 173 Å². The lowest BCUT2D eigenvalue weighted by Gasteiger charge is -2.30. The van der Waals surface area contributed by atoms with E-state index < -0.39 is 0 Å². The summed E-state index contributed by atoms with van der Waals surface area (Å²) in [6.45, 7) is 5.86. The molecular formula is C21H22BrClN2O2. The molecule has 0 unspecified atom stereocenters. The van der Waals surface area contributed by atoms with Crippen LogP contribution < -0.4 is 4.90 Å². The van der Waals surface area contributed by atoms with Crippen molar-refractivity contribution in [1.29, 1.82) is 0 Å². The van der Waals surface area contributed by atoms with Crippen LogP contribution in [0.4, 0.5) is 5.69 Å². The van der Waals surface area contributed by atoms with Gasteiger partial charge in [0.1, 0.15) is 0 Å². The van der Waals surface area contributed by atoms with Crippen LogP contribution >= 0.6 is 27.5 Å². The molecule has 0 bridgehead atoms. The number of nitrogens with zero attached hydrogens (tertiary/aromatic N) is 2. The van der Waals surface area contributed by atoms with Crippen LogP contribution in [-0.2, 0) is 6.42 Å². The van der Waals surface area contributed by atoms with Gasteiger partial charge in [0.25, 0.3) is 11.8 Å². The monoisotopic (exact) mass is 448 g/mol. The first-order valence-corrected chi connectivity index (χ1v) is 10.3. The van der Waals surface area contributed by atoms with E-state index in [1.807, 2.05) is 26.0 Å². The number of halogens is 2. The molecule has 142 valence electrons. The van der Waals surface area contributed by atoms with E-state index in [2.05, 4.69) is 15.9 Å². The first-order chi connectivity index (χ1) is 13.0. The van der Waals surface area contributed by atoms with Gasteiger partial charge in [-0.1, -0.05) is 27.5 Å². The number of amides is 2. The van der Waals surface area contributed by atoms with Crippen molar-refractivity contribution in [3.05, 3.63) is 62.6 Å². The molecule has 0 aliphatic carbocycles. The highest BCUT2D eigenvalue weighted by Crippen LogP contribution is 2.37. The number of hydrogen-bond acceptors (Lipinski definition) is 2. The Morgan fingerprint density at radius 2 is 1.74 bits per heavy atom. The van der Waals surface area contributed by atoms with Crippen LogP contribution in [-0.4, -0.2) is 36.3 Å². The van der Waals surface area contributed by atoms with Crippen molar-refractivity contribution in [2.75, 3.05) is 24.5 Å². The number of rotatable bonds is 4. The van der Waals surface area contributed by atoms with Crippen molar-refractivity contribution in [3.8, 4) is 0 Å². The Kier molecular flexibility index (Phi) is 6.22. The Morgan fingerprint density at radius 3 is 2.37 bits per heavy atom. The topological polar surface area (TPSA) is 40.6 Å². The van der Waals surface area contributed by atoms with Crippen molar-refractivity contribution in [1.82, 2.24) is 4.90 Å². The van der Waals surface area contributed by atoms with Crippen LogP contribution in [0.25, 0.3) is 0 Å². The molecule has 2 amide bonds. The van der Waals surface area contributed by atoms with Gasteiger partial charge in [-0.3, -0.25) is 9.59 Å². The Bertz CT molecular complexity index is 863. The molecule has 1 aliphatic rings. The van der Waals surface area contributed by atoms with E-state index in [0.717, 1.165) is 28.6 Å². The minimum absolute atomic E-state index is 0.0183. The van der Waals surface area contributed by atoms with Gasteiger partial charge < -0.3 is 9.80 Å². The molecule has 2 aromatic rings. The summed E-state index contributed by atoms with van der Waals surface area (Å²) >= 11 is 9.90. The molecule has 0 spiro atoms. The van der Waals surface area contributed by atoms with E-state index in [0.29, 0.717) is 35.8 Å². The fraction of sp³-hybridized carbons (Fsp3) is 0.333. The van der Waals surface area contributed by atoms with Gasteiger partial charge in [0.2, 0.25) is 0 Å². The molecule has 6 heteroatoms. The number of hydrogen-bond donors (Lipinski definition) is 0. The standard InChI is InChI=1S/C21H22BrClN2O2/c1-3-24(4-2)20(26)14-7-9-15(10-8-14)21(27)25-11-5-6-16-12-17(22)13-18(23)19(16)25/h7-10,12-13H,3-6,11H2,1-2H3. The second-order valence-corrected chi connectivity index (χ2v) is 7.83. The summed E-state index contributed by atoms with van der Waals surface area (Å²) in [6.07, 6.45) is 1.79. The van der Waals surface area contributed by atoms with Gasteiger partial charge in [-0.05, 0) is 68.7 Å². The molecule has 2 aromatic carbocycles. The van der Waals surface area contributed by atoms with E-state index in [4.69, 9.17) is 11.6 Å². The zero-order valence-corrected chi connectivity index (χ0v) is 17.8. The number of anilines is 1. The summed E-state index contributed by atoms with van der Waals surface area (Å²) < 4.78 is 0.916. The van der Waals surface area contributed by atoms with Gasteiger partial charge in [-0.15, -0.1) is 0 Å². The number of benzene rings is 2. The highest BCUT2D eigenvalue weighted by atomic mass is 79.9. The SMILES string of the molecule is CCN(CC)C(=O)c1ccc(C(=O)N2CCCc3cc(Br)cc(Cl)c32)cc1. The molecule has 27 heavy (non-hydrogen) atoms. The Balaban J connectivity index is 1.87. The van der Waals surface area contributed by atoms with Crippen LogP contribution in [0.2, 0.25) is 5.02 Å². The maximum Gasteiger partial charge on any atom is 0.258 e. The van der Waals surface area contributed by atoms with Gasteiger partial charge in [-0.2, -0.15) is 0 Å². The molecule has 0 N–H and O–H groups in total. The van der Waals surface area contributed by atoms with E-state index in [9.17, 15) is 9.59 Å². The fourth-order valence-electron chi connectivity index (χ4n) is 3.46. The summed E-state index contributed by atoms with van der Waals surface area (Å²) in [6, 6.07) is 10.7. The summed E-state index contributed by atoms with van der Waals surface area (Å²) in [7, 11) is 0. The lowest BCUT2D eigenvalue weighted by molar-refractivity contribution is 0.0772. The van der Waals surface area contributed by atoms with Crippen molar-refractivity contribution >= 4 is 45.0 Å². The normalized spacial score (nSPS) is 13.3. The molecule has 0 aromatic heterocycles. The molecule has 3 rings (SSSR count). The smallest absolute Gasteiger partial charge is 0.258 e. The molecule has 0 saturated heterocycles. The van der Waals surface area contributed by atoms with Crippen molar-refractivity contribution in [2.45, 2.75) is 26.7 Å². The molecule has 1 aliphatic heterocycles. The quantitative estimate of drug-likeness (QED) is 0.645. The second kappa shape index (κ2) is 8.44. The average Bonchev–Trinajstić information content (AvgIpc) is 2.67. The highest BCUT2D eigenvalue weighted by Gasteiger charge is 2.26. The van der Waals surface area contributed by atoms with Crippen LogP contribution in [0, 0.1) is 0 Å². The van der Waals surface area contributed by atoms with E-state index >= 15 is 0 Å². The van der Waals surface area contributed by atoms with Crippen LogP contribution in [0.5, 0.6) is 0 Å². The third kappa shape index (κ3) is 4.04. The number of aryl methyl sites for hydroxylation is 1. The first kappa shape index (κ1) is 19.9. The molecule has 0 fully saturated rings. The third-order valence-corrected chi connectivity index (χ3v) is 5.63. The average molecular weight is 450 g/mol. The third-order valence-electron chi connectivity index (χ3n) is 4.88. The van der Waals surface area contributed by atoms with Gasteiger partial charge in [0.05, 0.1) is 10.7 Å². The first-order valence-electron chi connectivity index (χ1n) is 9.15. The second-order valence-electron chi connectivity index (χ2n) is 6.51. The molecule has 0 saturated carbocycles. The molecule has 0 atom stereocenters. The lowest BCUT2D eigenvalue weighted by Crippen LogP contribution is -2.36. The molecule has 0 radical (unpaired) electrons. The molecular weight excluding hydrogens is 428 g/mol. The minimum Gasteiger partial charge on any atom is -0.339 e. The number of fused-ring (bicyclic) bond motifs is 1. The highest BCUT2D eigenvalue weighted by molar-refractivity contribution is 9.10. The van der Waals surface area contributed by atoms with Crippen LogP contribution in [0.1, 0.15) is 46.5 Å². The van der Waals surface area contributed by atoms with Gasteiger partial charge >= 0.3 is 0 Å².